The topological polar surface area (TPSA) is 54.0 Å². The first-order valence-electron chi connectivity index (χ1n) is 12.4. The SMILES string of the molecule is N#Cc1ccc(-c2ccc(-c3ccc4sc5c(c4c3)c3ccccc3c3nc4ccccc4n35)nc2)cc1. The highest BCUT2D eigenvalue weighted by molar-refractivity contribution is 7.25. The minimum Gasteiger partial charge on any atom is -0.283 e. The third-order valence-electron chi connectivity index (χ3n) is 7.28. The first-order chi connectivity index (χ1) is 18.8. The number of nitrogens with zero attached hydrogens (tertiary/aromatic N) is 4. The molecule has 0 atom stereocenters. The first-order valence-corrected chi connectivity index (χ1v) is 13.2. The van der Waals surface area contributed by atoms with Crippen LogP contribution in [0.25, 0.3) is 70.1 Å². The average Bonchev–Trinajstić information content (AvgIpc) is 3.56. The minimum atomic E-state index is 0.656. The Morgan fingerprint density at radius 2 is 1.47 bits per heavy atom. The van der Waals surface area contributed by atoms with Crippen LogP contribution in [0, 0.1) is 11.3 Å². The van der Waals surface area contributed by atoms with E-state index in [9.17, 15) is 0 Å². The van der Waals surface area contributed by atoms with Gasteiger partial charge in [-0.2, -0.15) is 5.26 Å². The first kappa shape index (κ1) is 21.1. The van der Waals surface area contributed by atoms with E-state index in [0.29, 0.717) is 5.56 Å². The summed E-state index contributed by atoms with van der Waals surface area (Å²) in [5.41, 5.74) is 7.89. The van der Waals surface area contributed by atoms with E-state index in [1.165, 1.54) is 25.7 Å². The molecule has 0 aliphatic rings. The third kappa shape index (κ3) is 3.02. The standard InChI is InChI=1S/C33H18N4S/c34-18-20-9-11-21(12-10-20)23-13-15-27(35-19-23)22-14-16-30-26(17-22)31-24-5-1-2-6-25(24)32-36-28-7-3-4-8-29(28)37(32)33(31)38-30/h1-17,19H. The van der Waals surface area contributed by atoms with E-state index < -0.39 is 0 Å². The maximum Gasteiger partial charge on any atom is 0.147 e. The Balaban J connectivity index is 1.34. The van der Waals surface area contributed by atoms with E-state index in [1.807, 2.05) is 47.9 Å². The van der Waals surface area contributed by atoms with E-state index in [2.05, 4.69) is 83.3 Å². The van der Waals surface area contributed by atoms with Crippen molar-refractivity contribution in [2.24, 2.45) is 0 Å². The van der Waals surface area contributed by atoms with Crippen LogP contribution in [-0.4, -0.2) is 14.4 Å². The van der Waals surface area contributed by atoms with Crippen LogP contribution in [0.15, 0.2) is 109 Å². The van der Waals surface area contributed by atoms with Gasteiger partial charge in [0.2, 0.25) is 0 Å². The Hall–Kier alpha value is -5.05. The number of thiophene rings is 1. The summed E-state index contributed by atoms with van der Waals surface area (Å²) in [6.07, 6.45) is 1.91. The summed E-state index contributed by atoms with van der Waals surface area (Å²) in [6, 6.07) is 37.5. The van der Waals surface area contributed by atoms with Crippen LogP contribution in [0.4, 0.5) is 0 Å². The summed E-state index contributed by atoms with van der Waals surface area (Å²) >= 11 is 1.81. The number of benzene rings is 4. The number of pyridine rings is 2. The molecule has 5 heteroatoms. The maximum absolute atomic E-state index is 9.07. The van der Waals surface area contributed by atoms with Gasteiger partial charge in [0.25, 0.3) is 0 Å². The van der Waals surface area contributed by atoms with Crippen molar-refractivity contribution < 1.29 is 0 Å². The van der Waals surface area contributed by atoms with Gasteiger partial charge in [0.1, 0.15) is 10.5 Å². The fourth-order valence-corrected chi connectivity index (χ4v) is 6.66. The largest absolute Gasteiger partial charge is 0.283 e. The van der Waals surface area contributed by atoms with Crippen LogP contribution < -0.4 is 0 Å². The monoisotopic (exact) mass is 502 g/mol. The summed E-state index contributed by atoms with van der Waals surface area (Å²) in [4.78, 5) is 11.0. The number of para-hydroxylation sites is 2. The fraction of sp³-hybridized carbons (Fsp3) is 0. The van der Waals surface area contributed by atoms with Gasteiger partial charge in [-0.1, -0.05) is 60.7 Å². The van der Waals surface area contributed by atoms with E-state index >= 15 is 0 Å². The van der Waals surface area contributed by atoms with Crippen LogP contribution >= 0.6 is 11.3 Å². The van der Waals surface area contributed by atoms with Crippen molar-refractivity contribution in [1.29, 1.82) is 5.26 Å². The van der Waals surface area contributed by atoms with Crippen molar-refractivity contribution in [3.8, 4) is 28.5 Å². The number of rotatable bonds is 2. The Morgan fingerprint density at radius 3 is 2.29 bits per heavy atom. The molecular weight excluding hydrogens is 484 g/mol. The lowest BCUT2D eigenvalue weighted by atomic mass is 10.0. The number of nitriles is 1. The Morgan fingerprint density at radius 1 is 0.711 bits per heavy atom. The fourth-order valence-electron chi connectivity index (χ4n) is 5.44. The van der Waals surface area contributed by atoms with Gasteiger partial charge in [-0.15, -0.1) is 11.3 Å². The lowest BCUT2D eigenvalue weighted by Gasteiger charge is -2.07. The zero-order chi connectivity index (χ0) is 25.2. The van der Waals surface area contributed by atoms with Crippen LogP contribution in [-0.2, 0) is 0 Å². The number of imidazole rings is 1. The van der Waals surface area contributed by atoms with Gasteiger partial charge >= 0.3 is 0 Å². The number of hydrogen-bond donors (Lipinski definition) is 0. The molecule has 0 saturated heterocycles. The summed E-state index contributed by atoms with van der Waals surface area (Å²) in [7, 11) is 0. The van der Waals surface area contributed by atoms with Crippen molar-refractivity contribution in [3.63, 3.8) is 0 Å². The lowest BCUT2D eigenvalue weighted by molar-refractivity contribution is 1.33. The van der Waals surface area contributed by atoms with Gasteiger partial charge < -0.3 is 0 Å². The Labute approximate surface area is 221 Å². The molecule has 0 aliphatic carbocycles. The molecule has 0 amide bonds. The molecule has 0 unspecified atom stereocenters. The molecule has 4 nitrogen and oxygen atoms in total. The van der Waals surface area contributed by atoms with Gasteiger partial charge in [-0.05, 0) is 53.4 Å². The van der Waals surface area contributed by atoms with Crippen molar-refractivity contribution >= 4 is 59.1 Å². The van der Waals surface area contributed by atoms with Gasteiger partial charge in [-0.25, -0.2) is 4.98 Å². The van der Waals surface area contributed by atoms with Crippen molar-refractivity contribution in [1.82, 2.24) is 14.4 Å². The lowest BCUT2D eigenvalue weighted by Crippen LogP contribution is -1.88. The molecule has 8 aromatic rings. The zero-order valence-corrected chi connectivity index (χ0v) is 20.9. The van der Waals surface area contributed by atoms with Gasteiger partial charge in [0, 0.05) is 38.2 Å². The molecule has 4 heterocycles. The smallest absolute Gasteiger partial charge is 0.147 e. The van der Waals surface area contributed by atoms with Crippen molar-refractivity contribution in [3.05, 3.63) is 115 Å². The molecule has 4 aromatic carbocycles. The van der Waals surface area contributed by atoms with Gasteiger partial charge in [-0.3, -0.25) is 9.38 Å². The van der Waals surface area contributed by atoms with E-state index in [-0.39, 0.29) is 0 Å². The normalized spacial score (nSPS) is 11.7. The van der Waals surface area contributed by atoms with E-state index in [1.54, 1.807) is 0 Å². The Kier molecular flexibility index (Phi) is 4.42. The molecule has 176 valence electrons. The maximum atomic E-state index is 9.07. The molecule has 4 aromatic heterocycles. The molecule has 0 N–H and O–H groups in total. The van der Waals surface area contributed by atoms with Gasteiger partial charge in [0.05, 0.1) is 28.4 Å². The molecule has 8 rings (SSSR count). The van der Waals surface area contributed by atoms with Crippen molar-refractivity contribution in [2.45, 2.75) is 0 Å². The molecule has 0 fully saturated rings. The van der Waals surface area contributed by atoms with Crippen LogP contribution in [0.1, 0.15) is 5.56 Å². The molecule has 0 spiro atoms. The highest BCUT2D eigenvalue weighted by Gasteiger charge is 2.18. The second-order valence-corrected chi connectivity index (χ2v) is 10.5. The summed E-state index contributed by atoms with van der Waals surface area (Å²) < 4.78 is 3.57. The third-order valence-corrected chi connectivity index (χ3v) is 8.43. The summed E-state index contributed by atoms with van der Waals surface area (Å²) in [5.74, 6) is 0. The highest BCUT2D eigenvalue weighted by Crippen LogP contribution is 2.42. The van der Waals surface area contributed by atoms with Crippen LogP contribution in [0.3, 0.4) is 0 Å². The number of hydrogen-bond acceptors (Lipinski definition) is 4. The second-order valence-electron chi connectivity index (χ2n) is 9.42. The summed E-state index contributed by atoms with van der Waals surface area (Å²) in [6.45, 7) is 0. The van der Waals surface area contributed by atoms with E-state index in [4.69, 9.17) is 15.2 Å². The molecule has 0 aliphatic heterocycles. The second kappa shape index (κ2) is 7.97. The molecule has 0 bridgehead atoms. The minimum absolute atomic E-state index is 0.656. The predicted molar refractivity (Wildman–Crippen MR) is 156 cm³/mol. The molecule has 0 radical (unpaired) electrons. The average molecular weight is 503 g/mol. The van der Waals surface area contributed by atoms with Crippen LogP contribution in [0.2, 0.25) is 0 Å². The Bertz CT molecular complexity index is 2230. The zero-order valence-electron chi connectivity index (χ0n) is 20.1. The number of fused-ring (bicyclic) bond motifs is 10. The molecule has 38 heavy (non-hydrogen) atoms. The predicted octanol–water partition coefficient (Wildman–Crippen LogP) is 8.61. The summed E-state index contributed by atoms with van der Waals surface area (Å²) in [5, 5.41) is 13.9. The van der Waals surface area contributed by atoms with Gasteiger partial charge in [0.15, 0.2) is 0 Å². The highest BCUT2D eigenvalue weighted by atomic mass is 32.1. The number of aromatic nitrogens is 3. The van der Waals surface area contributed by atoms with E-state index in [0.717, 1.165) is 44.5 Å². The van der Waals surface area contributed by atoms with Crippen LogP contribution in [0.5, 0.6) is 0 Å². The molecule has 0 saturated carbocycles. The quantitative estimate of drug-likeness (QED) is 0.238. The van der Waals surface area contributed by atoms with Crippen molar-refractivity contribution in [2.75, 3.05) is 0 Å². The molecular formula is C33H18N4S.